The molecule has 0 aromatic heterocycles. The maximum atomic E-state index is 13.3. The van der Waals surface area contributed by atoms with Crippen molar-refractivity contribution in [1.82, 2.24) is 0 Å². The Morgan fingerprint density at radius 3 is 1.75 bits per heavy atom. The third-order valence-corrected chi connectivity index (χ3v) is 6.34. The monoisotopic (exact) mass is 338 g/mol. The summed E-state index contributed by atoms with van der Waals surface area (Å²) in [5.41, 5.74) is 0.594. The largest absolute Gasteiger partial charge is 0.204 e. The van der Waals surface area contributed by atoms with Crippen LogP contribution in [0.5, 0.6) is 0 Å². The molecule has 2 aliphatic carbocycles. The first kappa shape index (κ1) is 17.8. The van der Waals surface area contributed by atoms with Crippen LogP contribution in [-0.4, -0.2) is 0 Å². The van der Waals surface area contributed by atoms with Crippen LogP contribution in [0.1, 0.15) is 70.3 Å². The van der Waals surface area contributed by atoms with Gasteiger partial charge in [0.25, 0.3) is 0 Å². The molecule has 1 aromatic rings. The maximum absolute atomic E-state index is 13.3. The molecular weight excluding hydrogens is 309 g/mol. The van der Waals surface area contributed by atoms with Gasteiger partial charge in [-0.2, -0.15) is 0 Å². The summed E-state index contributed by atoms with van der Waals surface area (Å²) in [5.74, 6) is -0.338. The van der Waals surface area contributed by atoms with Crippen molar-refractivity contribution in [2.75, 3.05) is 0 Å². The molecular formula is C21H29F3. The highest BCUT2D eigenvalue weighted by Gasteiger charge is 2.26. The molecule has 0 nitrogen and oxygen atoms in total. The molecule has 0 spiro atoms. The molecule has 2 aliphatic rings. The lowest BCUT2D eigenvalue weighted by molar-refractivity contribution is 0.195. The maximum Gasteiger partial charge on any atom is 0.194 e. The Kier molecular flexibility index (Phi) is 5.89. The fourth-order valence-electron chi connectivity index (χ4n) is 4.77. The van der Waals surface area contributed by atoms with Gasteiger partial charge in [0, 0.05) is 0 Å². The van der Waals surface area contributed by atoms with Crippen molar-refractivity contribution < 1.29 is 13.2 Å². The van der Waals surface area contributed by atoms with Crippen LogP contribution in [0.3, 0.4) is 0 Å². The van der Waals surface area contributed by atoms with Crippen LogP contribution in [-0.2, 0) is 6.42 Å². The lowest BCUT2D eigenvalue weighted by Gasteiger charge is -2.33. The zero-order chi connectivity index (χ0) is 17.1. The van der Waals surface area contributed by atoms with Crippen LogP contribution >= 0.6 is 0 Å². The van der Waals surface area contributed by atoms with E-state index >= 15 is 0 Å². The molecule has 0 unspecified atom stereocenters. The van der Waals surface area contributed by atoms with Crippen molar-refractivity contribution in [3.8, 4) is 0 Å². The molecule has 3 heteroatoms. The molecule has 2 saturated carbocycles. The highest BCUT2D eigenvalue weighted by Crippen LogP contribution is 2.39. The quantitative estimate of drug-likeness (QED) is 0.538. The molecule has 134 valence electrons. The zero-order valence-electron chi connectivity index (χ0n) is 14.7. The Morgan fingerprint density at radius 2 is 1.21 bits per heavy atom. The minimum absolute atomic E-state index is 0.483. The molecule has 24 heavy (non-hydrogen) atoms. The van der Waals surface area contributed by atoms with Gasteiger partial charge in [0.1, 0.15) is 0 Å². The van der Waals surface area contributed by atoms with Crippen molar-refractivity contribution >= 4 is 0 Å². The van der Waals surface area contributed by atoms with Crippen LogP contribution in [0.15, 0.2) is 12.1 Å². The van der Waals surface area contributed by atoms with E-state index in [4.69, 9.17) is 0 Å². The van der Waals surface area contributed by atoms with Crippen molar-refractivity contribution in [2.45, 2.75) is 71.1 Å². The minimum atomic E-state index is -1.36. The van der Waals surface area contributed by atoms with Gasteiger partial charge in [-0.25, -0.2) is 13.2 Å². The normalized spacial score (nSPS) is 31.2. The number of rotatable bonds is 4. The van der Waals surface area contributed by atoms with Gasteiger partial charge in [-0.15, -0.1) is 0 Å². The van der Waals surface area contributed by atoms with E-state index in [2.05, 4.69) is 6.92 Å². The van der Waals surface area contributed by atoms with E-state index in [1.54, 1.807) is 0 Å². The lowest BCUT2D eigenvalue weighted by Crippen LogP contribution is -2.21. The molecule has 0 bridgehead atoms. The van der Waals surface area contributed by atoms with Crippen molar-refractivity contribution in [3.05, 3.63) is 35.1 Å². The second-order valence-electron chi connectivity index (χ2n) is 8.33. The van der Waals surface area contributed by atoms with Crippen LogP contribution in [0.25, 0.3) is 0 Å². The van der Waals surface area contributed by atoms with E-state index < -0.39 is 17.5 Å². The van der Waals surface area contributed by atoms with E-state index in [-0.39, 0.29) is 0 Å². The Balaban J connectivity index is 1.45. The summed E-state index contributed by atoms with van der Waals surface area (Å²) in [6, 6.07) is 2.32. The lowest BCUT2D eigenvalue weighted by atomic mass is 9.72. The van der Waals surface area contributed by atoms with Crippen molar-refractivity contribution in [1.29, 1.82) is 0 Å². The van der Waals surface area contributed by atoms with E-state index in [1.165, 1.54) is 44.9 Å². The zero-order valence-corrected chi connectivity index (χ0v) is 14.7. The van der Waals surface area contributed by atoms with Gasteiger partial charge in [-0.3, -0.25) is 0 Å². The molecule has 1 aromatic carbocycles. The summed E-state index contributed by atoms with van der Waals surface area (Å²) in [5, 5.41) is 0. The summed E-state index contributed by atoms with van der Waals surface area (Å²) in [7, 11) is 0. The molecule has 0 N–H and O–H groups in total. The first-order valence-electron chi connectivity index (χ1n) is 9.64. The number of benzene rings is 1. The standard InChI is InChI=1S/C21H29F3/c1-14-2-4-15(5-3-14)10-16-6-8-17(9-7-16)11-18-12-19(22)21(24)20(23)13-18/h12-17H,2-11H2,1H3. The van der Waals surface area contributed by atoms with Gasteiger partial charge in [0.2, 0.25) is 0 Å². The third kappa shape index (κ3) is 4.55. The molecule has 0 saturated heterocycles. The Hall–Kier alpha value is -0.990. The van der Waals surface area contributed by atoms with Gasteiger partial charge in [0.05, 0.1) is 0 Å². The predicted octanol–water partition coefficient (Wildman–Crippen LogP) is 6.67. The average Bonchev–Trinajstić information content (AvgIpc) is 2.56. The van der Waals surface area contributed by atoms with Crippen molar-refractivity contribution in [2.24, 2.45) is 23.7 Å². The second kappa shape index (κ2) is 7.93. The molecule has 0 heterocycles. The van der Waals surface area contributed by atoms with Gasteiger partial charge < -0.3 is 0 Å². The molecule has 0 amide bonds. The van der Waals surface area contributed by atoms with Gasteiger partial charge in [-0.1, -0.05) is 45.4 Å². The minimum Gasteiger partial charge on any atom is -0.204 e. The van der Waals surface area contributed by atoms with E-state index in [1.807, 2.05) is 0 Å². The van der Waals surface area contributed by atoms with E-state index in [0.717, 1.165) is 42.7 Å². The SMILES string of the molecule is CC1CCC(CC2CCC(Cc3cc(F)c(F)c(F)c3)CC2)CC1. The number of hydrogen-bond acceptors (Lipinski definition) is 0. The fourth-order valence-corrected chi connectivity index (χ4v) is 4.77. The number of halogens is 3. The van der Waals surface area contributed by atoms with Crippen LogP contribution in [0, 0.1) is 41.1 Å². The van der Waals surface area contributed by atoms with E-state index in [0.29, 0.717) is 17.9 Å². The Labute approximate surface area is 143 Å². The van der Waals surface area contributed by atoms with Gasteiger partial charge >= 0.3 is 0 Å². The Bertz CT molecular complexity index is 515. The topological polar surface area (TPSA) is 0 Å². The fraction of sp³-hybridized carbons (Fsp3) is 0.714. The molecule has 3 rings (SSSR count). The highest BCUT2D eigenvalue weighted by molar-refractivity contribution is 5.20. The summed E-state index contributed by atoms with van der Waals surface area (Å²) in [4.78, 5) is 0. The number of hydrogen-bond donors (Lipinski definition) is 0. The third-order valence-electron chi connectivity index (χ3n) is 6.34. The molecule has 0 radical (unpaired) electrons. The molecule has 0 aliphatic heterocycles. The average molecular weight is 338 g/mol. The van der Waals surface area contributed by atoms with Crippen LogP contribution in [0.4, 0.5) is 13.2 Å². The Morgan fingerprint density at radius 1 is 0.750 bits per heavy atom. The first-order valence-corrected chi connectivity index (χ1v) is 9.64. The van der Waals surface area contributed by atoms with E-state index in [9.17, 15) is 13.2 Å². The smallest absolute Gasteiger partial charge is 0.194 e. The summed E-state index contributed by atoms with van der Waals surface area (Å²) in [6.45, 7) is 2.36. The van der Waals surface area contributed by atoms with Crippen LogP contribution < -0.4 is 0 Å². The van der Waals surface area contributed by atoms with Crippen molar-refractivity contribution in [3.63, 3.8) is 0 Å². The summed E-state index contributed by atoms with van der Waals surface area (Å²) in [6.07, 6.45) is 12.4. The summed E-state index contributed by atoms with van der Waals surface area (Å²) < 4.78 is 39.7. The van der Waals surface area contributed by atoms with Gasteiger partial charge in [0.15, 0.2) is 17.5 Å². The first-order chi connectivity index (χ1) is 11.5. The highest BCUT2D eigenvalue weighted by atomic mass is 19.2. The molecule has 0 atom stereocenters. The van der Waals surface area contributed by atoms with Crippen LogP contribution in [0.2, 0.25) is 0 Å². The second-order valence-corrected chi connectivity index (χ2v) is 8.33. The van der Waals surface area contributed by atoms with Gasteiger partial charge in [-0.05, 0) is 67.1 Å². The predicted molar refractivity (Wildman–Crippen MR) is 91.2 cm³/mol. The summed E-state index contributed by atoms with van der Waals surface area (Å²) >= 11 is 0. The molecule has 2 fully saturated rings.